The molecule has 0 saturated heterocycles. The molecular weight excluding hydrogens is 318 g/mol. The molecule has 1 aromatic carbocycles. The Labute approximate surface area is 148 Å². The Morgan fingerprint density at radius 2 is 1.84 bits per heavy atom. The summed E-state index contributed by atoms with van der Waals surface area (Å²) < 4.78 is 5.18. The van der Waals surface area contributed by atoms with Crippen molar-refractivity contribution in [3.05, 3.63) is 52.9 Å². The molecule has 1 N–H and O–H groups in total. The first kappa shape index (κ1) is 18.7. The fraction of sp³-hybridized carbons (Fsp3) is 0.421. The van der Waals surface area contributed by atoms with Gasteiger partial charge >= 0.3 is 0 Å². The number of rotatable bonds is 6. The van der Waals surface area contributed by atoms with E-state index in [1.165, 1.54) is 4.90 Å². The van der Waals surface area contributed by atoms with E-state index < -0.39 is 6.04 Å². The molecule has 2 aromatic rings. The van der Waals surface area contributed by atoms with Crippen molar-refractivity contribution in [3.63, 3.8) is 0 Å². The maximum atomic E-state index is 12.5. The van der Waals surface area contributed by atoms with Gasteiger partial charge in [-0.05, 0) is 25.3 Å². The number of nitrogens with one attached hydrogen (secondary N) is 1. The minimum absolute atomic E-state index is 0.0443. The second-order valence-electron chi connectivity index (χ2n) is 6.49. The molecule has 2 amide bonds. The van der Waals surface area contributed by atoms with Crippen molar-refractivity contribution in [2.24, 2.45) is 0 Å². The highest BCUT2D eigenvalue weighted by atomic mass is 16.5. The third kappa shape index (κ3) is 4.47. The summed E-state index contributed by atoms with van der Waals surface area (Å²) in [5.74, 6) is 0.333. The first-order valence-electron chi connectivity index (χ1n) is 8.29. The second-order valence-corrected chi connectivity index (χ2v) is 6.49. The molecule has 0 spiro atoms. The fourth-order valence-corrected chi connectivity index (χ4v) is 2.99. The monoisotopic (exact) mass is 343 g/mol. The summed E-state index contributed by atoms with van der Waals surface area (Å²) in [5.41, 5.74) is 2.51. The summed E-state index contributed by atoms with van der Waals surface area (Å²) >= 11 is 0. The number of hydrogen-bond donors (Lipinski definition) is 1. The van der Waals surface area contributed by atoms with Gasteiger partial charge in [0.05, 0.1) is 5.69 Å². The van der Waals surface area contributed by atoms with Gasteiger partial charge in [-0.3, -0.25) is 9.59 Å². The van der Waals surface area contributed by atoms with Crippen LogP contribution in [0.25, 0.3) is 0 Å². The van der Waals surface area contributed by atoms with Crippen LogP contribution < -0.4 is 5.32 Å². The lowest BCUT2D eigenvalue weighted by molar-refractivity contribution is -0.134. The average molecular weight is 343 g/mol. The molecule has 1 aromatic heterocycles. The van der Waals surface area contributed by atoms with E-state index in [-0.39, 0.29) is 24.2 Å². The average Bonchev–Trinajstić information content (AvgIpc) is 2.91. The van der Waals surface area contributed by atoms with Crippen LogP contribution in [0.5, 0.6) is 0 Å². The lowest BCUT2D eigenvalue weighted by Gasteiger charge is -2.23. The Bertz CT molecular complexity index is 718. The number of aryl methyl sites for hydroxylation is 2. The lowest BCUT2D eigenvalue weighted by Crippen LogP contribution is -2.40. The van der Waals surface area contributed by atoms with Crippen LogP contribution in [0.3, 0.4) is 0 Å². The zero-order valence-electron chi connectivity index (χ0n) is 15.4. The molecule has 0 aliphatic carbocycles. The molecule has 134 valence electrons. The molecule has 2 atom stereocenters. The second kappa shape index (κ2) is 7.96. The van der Waals surface area contributed by atoms with Gasteiger partial charge in [-0.2, -0.15) is 0 Å². The van der Waals surface area contributed by atoms with Gasteiger partial charge in [0.25, 0.3) is 0 Å². The Balaban J connectivity index is 2.13. The zero-order valence-corrected chi connectivity index (χ0v) is 15.4. The van der Waals surface area contributed by atoms with E-state index in [1.54, 1.807) is 14.1 Å². The molecule has 0 bridgehead atoms. The molecule has 2 rings (SSSR count). The van der Waals surface area contributed by atoms with Crippen LogP contribution in [0.4, 0.5) is 0 Å². The van der Waals surface area contributed by atoms with E-state index in [0.29, 0.717) is 0 Å². The summed E-state index contributed by atoms with van der Waals surface area (Å²) in [4.78, 5) is 26.5. The summed E-state index contributed by atoms with van der Waals surface area (Å²) in [6.45, 7) is 5.66. The molecule has 0 unspecified atom stereocenters. The molecule has 0 radical (unpaired) electrons. The van der Waals surface area contributed by atoms with Gasteiger partial charge in [0.15, 0.2) is 0 Å². The Kier molecular flexibility index (Phi) is 5.96. The number of nitrogens with zero attached hydrogens (tertiary/aromatic N) is 2. The van der Waals surface area contributed by atoms with Crippen molar-refractivity contribution in [2.45, 2.75) is 39.2 Å². The maximum absolute atomic E-state index is 12.5. The van der Waals surface area contributed by atoms with Crippen molar-refractivity contribution in [1.29, 1.82) is 0 Å². The van der Waals surface area contributed by atoms with Gasteiger partial charge < -0.3 is 14.7 Å². The van der Waals surface area contributed by atoms with E-state index in [4.69, 9.17) is 4.52 Å². The smallest absolute Gasteiger partial charge is 0.249 e. The molecule has 0 fully saturated rings. The minimum atomic E-state index is -0.694. The van der Waals surface area contributed by atoms with Crippen LogP contribution in [-0.4, -0.2) is 36.0 Å². The highest BCUT2D eigenvalue weighted by Crippen LogP contribution is 2.26. The van der Waals surface area contributed by atoms with Crippen LogP contribution >= 0.6 is 0 Å². The summed E-state index contributed by atoms with van der Waals surface area (Å²) in [7, 11) is 3.35. The van der Waals surface area contributed by atoms with Crippen LogP contribution in [0.15, 0.2) is 34.9 Å². The SMILES string of the molecule is Cc1noc(C)c1[C@@H](C)CC(=O)N[C@@H](C(=O)N(C)C)c1ccccc1. The number of aromatic nitrogens is 1. The summed E-state index contributed by atoms with van der Waals surface area (Å²) in [6.07, 6.45) is 0.257. The van der Waals surface area contributed by atoms with Gasteiger partial charge in [0.1, 0.15) is 11.8 Å². The van der Waals surface area contributed by atoms with Crippen LogP contribution in [0.2, 0.25) is 0 Å². The number of likely N-dealkylation sites (N-methyl/N-ethyl adjacent to an activating group) is 1. The first-order chi connectivity index (χ1) is 11.8. The third-order valence-electron chi connectivity index (χ3n) is 4.20. The molecule has 0 saturated carbocycles. The molecule has 0 aliphatic heterocycles. The number of hydrogen-bond acceptors (Lipinski definition) is 4. The van der Waals surface area contributed by atoms with Crippen LogP contribution in [0.1, 0.15) is 47.9 Å². The number of benzene rings is 1. The van der Waals surface area contributed by atoms with Crippen molar-refractivity contribution < 1.29 is 14.1 Å². The Morgan fingerprint density at radius 1 is 1.20 bits per heavy atom. The standard InChI is InChI=1S/C19H25N3O3/c1-12(17-13(2)21-25-14(17)3)11-16(23)20-18(19(24)22(4)5)15-9-7-6-8-10-15/h6-10,12,18H,11H2,1-5H3,(H,20,23)/t12-,18+/m0/s1. The van der Waals surface area contributed by atoms with Crippen molar-refractivity contribution in [2.75, 3.05) is 14.1 Å². The number of carbonyl (C=O) groups excluding carboxylic acids is 2. The first-order valence-corrected chi connectivity index (χ1v) is 8.29. The molecule has 0 aliphatic rings. The predicted octanol–water partition coefficient (Wildman–Crippen LogP) is 2.73. The molecule has 25 heavy (non-hydrogen) atoms. The minimum Gasteiger partial charge on any atom is -0.361 e. The Morgan fingerprint density at radius 3 is 2.36 bits per heavy atom. The van der Waals surface area contributed by atoms with E-state index in [0.717, 1.165) is 22.6 Å². The molecule has 6 heteroatoms. The largest absolute Gasteiger partial charge is 0.361 e. The van der Waals surface area contributed by atoms with Gasteiger partial charge in [0, 0.05) is 26.1 Å². The van der Waals surface area contributed by atoms with Crippen LogP contribution in [-0.2, 0) is 9.59 Å². The van der Waals surface area contributed by atoms with E-state index in [2.05, 4.69) is 10.5 Å². The van der Waals surface area contributed by atoms with E-state index in [1.807, 2.05) is 51.1 Å². The number of amides is 2. The predicted molar refractivity (Wildman–Crippen MR) is 95.0 cm³/mol. The van der Waals surface area contributed by atoms with Crippen molar-refractivity contribution in [3.8, 4) is 0 Å². The fourth-order valence-electron chi connectivity index (χ4n) is 2.99. The topological polar surface area (TPSA) is 75.4 Å². The van der Waals surface area contributed by atoms with E-state index >= 15 is 0 Å². The highest BCUT2D eigenvalue weighted by molar-refractivity contribution is 5.88. The third-order valence-corrected chi connectivity index (χ3v) is 4.20. The van der Waals surface area contributed by atoms with E-state index in [9.17, 15) is 9.59 Å². The van der Waals surface area contributed by atoms with Gasteiger partial charge in [0.2, 0.25) is 11.8 Å². The van der Waals surface area contributed by atoms with Gasteiger partial charge in [-0.1, -0.05) is 42.4 Å². The molecular formula is C19H25N3O3. The van der Waals surface area contributed by atoms with Gasteiger partial charge in [-0.25, -0.2) is 0 Å². The Hall–Kier alpha value is -2.63. The van der Waals surface area contributed by atoms with Crippen molar-refractivity contribution >= 4 is 11.8 Å². The maximum Gasteiger partial charge on any atom is 0.249 e. The quantitative estimate of drug-likeness (QED) is 0.875. The molecule has 6 nitrogen and oxygen atoms in total. The normalized spacial score (nSPS) is 13.2. The number of carbonyl (C=O) groups is 2. The van der Waals surface area contributed by atoms with Crippen LogP contribution in [0, 0.1) is 13.8 Å². The highest BCUT2D eigenvalue weighted by Gasteiger charge is 2.26. The summed E-state index contributed by atoms with van der Waals surface area (Å²) in [5, 5.41) is 6.80. The lowest BCUT2D eigenvalue weighted by atomic mass is 9.95. The molecule has 1 heterocycles. The zero-order chi connectivity index (χ0) is 18.6. The summed E-state index contributed by atoms with van der Waals surface area (Å²) in [6, 6.07) is 8.56. The van der Waals surface area contributed by atoms with Crippen molar-refractivity contribution in [1.82, 2.24) is 15.4 Å². The van der Waals surface area contributed by atoms with Gasteiger partial charge in [-0.15, -0.1) is 0 Å².